The first-order chi connectivity index (χ1) is 8.09. The second-order valence-electron chi connectivity index (χ2n) is 3.98. The molecule has 10 nitrogen and oxygen atoms in total. The Morgan fingerprint density at radius 2 is 1.67 bits per heavy atom. The van der Waals surface area contributed by atoms with Gasteiger partial charge in [0.1, 0.15) is 0 Å². The van der Waals surface area contributed by atoms with Crippen molar-refractivity contribution in [1.82, 2.24) is 0 Å². The van der Waals surface area contributed by atoms with Crippen molar-refractivity contribution in [2.24, 2.45) is 5.92 Å². The van der Waals surface area contributed by atoms with E-state index < -0.39 is 43.4 Å². The molecule has 10 heteroatoms. The standard InChI is InChI=1S/C8H9N3O7/c1-4-6(10(15)16)7(11(17)18)5(9(13)14)3-8(4,2)12/h3-4,12H,1-2H3. The Morgan fingerprint density at radius 3 is 2.00 bits per heavy atom. The van der Waals surface area contributed by atoms with Gasteiger partial charge in [-0.05, 0) is 13.8 Å². The summed E-state index contributed by atoms with van der Waals surface area (Å²) in [5.74, 6) is -1.24. The van der Waals surface area contributed by atoms with Crippen molar-refractivity contribution in [3.8, 4) is 0 Å². The first kappa shape index (κ1) is 13.7. The van der Waals surface area contributed by atoms with Crippen LogP contribution in [-0.4, -0.2) is 25.5 Å². The molecule has 2 atom stereocenters. The number of rotatable bonds is 3. The van der Waals surface area contributed by atoms with Crippen LogP contribution in [0.3, 0.4) is 0 Å². The molecule has 2 unspecified atom stereocenters. The number of hydrogen-bond acceptors (Lipinski definition) is 7. The van der Waals surface area contributed by atoms with Gasteiger partial charge in [-0.3, -0.25) is 30.3 Å². The summed E-state index contributed by atoms with van der Waals surface area (Å²) in [5, 5.41) is 42.1. The minimum atomic E-state index is -1.90. The number of aliphatic hydroxyl groups is 1. The fraction of sp³-hybridized carbons (Fsp3) is 0.500. The lowest BCUT2D eigenvalue weighted by Crippen LogP contribution is -2.40. The van der Waals surface area contributed by atoms with Crippen LogP contribution in [-0.2, 0) is 0 Å². The van der Waals surface area contributed by atoms with Gasteiger partial charge >= 0.3 is 17.1 Å². The molecule has 0 spiro atoms. The molecule has 1 N–H and O–H groups in total. The topological polar surface area (TPSA) is 150 Å². The van der Waals surface area contributed by atoms with E-state index >= 15 is 0 Å². The third kappa shape index (κ3) is 2.05. The molecule has 0 aromatic heterocycles. The summed E-state index contributed by atoms with van der Waals surface area (Å²) in [6.45, 7) is 2.30. The van der Waals surface area contributed by atoms with E-state index in [1.54, 1.807) is 0 Å². The molecule has 0 saturated heterocycles. The van der Waals surface area contributed by atoms with Crippen molar-refractivity contribution >= 4 is 0 Å². The molecule has 0 aromatic rings. The van der Waals surface area contributed by atoms with Gasteiger partial charge in [0.25, 0.3) is 0 Å². The van der Waals surface area contributed by atoms with E-state index in [-0.39, 0.29) is 0 Å². The van der Waals surface area contributed by atoms with Gasteiger partial charge in [0.15, 0.2) is 0 Å². The maximum Gasteiger partial charge on any atom is 0.417 e. The zero-order valence-corrected chi connectivity index (χ0v) is 9.39. The SMILES string of the molecule is CC1C([N+](=O)[O-])=C([N+](=O)[O-])C([N+](=O)[O-])=CC1(C)O. The Kier molecular flexibility index (Phi) is 3.15. The molecule has 0 fully saturated rings. The Balaban J connectivity index is 3.64. The maximum atomic E-state index is 10.8. The average molecular weight is 259 g/mol. The van der Waals surface area contributed by atoms with Gasteiger partial charge in [-0.15, -0.1) is 0 Å². The summed E-state index contributed by atoms with van der Waals surface area (Å²) in [5.41, 5.74) is -5.14. The van der Waals surface area contributed by atoms with Gasteiger partial charge < -0.3 is 5.11 Å². The molecule has 98 valence electrons. The van der Waals surface area contributed by atoms with Crippen LogP contribution in [0.1, 0.15) is 13.8 Å². The highest BCUT2D eigenvalue weighted by Crippen LogP contribution is 2.37. The molecule has 0 heterocycles. The lowest BCUT2D eigenvalue weighted by atomic mass is 9.82. The summed E-state index contributed by atoms with van der Waals surface area (Å²) in [7, 11) is 0. The number of nitrogens with zero attached hydrogens (tertiary/aromatic N) is 3. The Hall–Kier alpha value is -2.36. The van der Waals surface area contributed by atoms with Gasteiger partial charge in [0.2, 0.25) is 0 Å². The van der Waals surface area contributed by atoms with Crippen LogP contribution in [0.15, 0.2) is 23.2 Å². The van der Waals surface area contributed by atoms with Gasteiger partial charge in [-0.25, -0.2) is 0 Å². The highest BCUT2D eigenvalue weighted by molar-refractivity contribution is 5.32. The van der Waals surface area contributed by atoms with Crippen LogP contribution in [0.25, 0.3) is 0 Å². The third-order valence-corrected chi connectivity index (χ3v) is 2.78. The highest BCUT2D eigenvalue weighted by Gasteiger charge is 2.53. The van der Waals surface area contributed by atoms with E-state index in [9.17, 15) is 35.4 Å². The zero-order chi connectivity index (χ0) is 14.2. The molecule has 0 bridgehead atoms. The van der Waals surface area contributed by atoms with Crippen molar-refractivity contribution in [2.75, 3.05) is 0 Å². The molecule has 0 aliphatic heterocycles. The Labute approximate surface area is 99.7 Å². The van der Waals surface area contributed by atoms with E-state index in [1.807, 2.05) is 0 Å². The molecular formula is C8H9N3O7. The maximum absolute atomic E-state index is 10.8. The van der Waals surface area contributed by atoms with Gasteiger partial charge in [-0.1, -0.05) is 0 Å². The Bertz CT molecular complexity index is 505. The highest BCUT2D eigenvalue weighted by atomic mass is 16.6. The summed E-state index contributed by atoms with van der Waals surface area (Å²) in [4.78, 5) is 28.9. The second-order valence-corrected chi connectivity index (χ2v) is 3.98. The van der Waals surface area contributed by atoms with Crippen LogP contribution in [0.5, 0.6) is 0 Å². The summed E-state index contributed by atoms with van der Waals surface area (Å²) in [6, 6.07) is 0. The normalized spacial score (nSPS) is 27.7. The first-order valence-electron chi connectivity index (χ1n) is 4.72. The average Bonchev–Trinajstić information content (AvgIpc) is 2.19. The molecule has 1 rings (SSSR count). The molecule has 0 radical (unpaired) electrons. The lowest BCUT2D eigenvalue weighted by Gasteiger charge is -2.26. The van der Waals surface area contributed by atoms with Crippen LogP contribution < -0.4 is 0 Å². The third-order valence-electron chi connectivity index (χ3n) is 2.78. The fourth-order valence-electron chi connectivity index (χ4n) is 1.65. The van der Waals surface area contributed by atoms with Crippen LogP contribution in [0, 0.1) is 36.3 Å². The first-order valence-corrected chi connectivity index (χ1v) is 4.72. The van der Waals surface area contributed by atoms with E-state index in [4.69, 9.17) is 0 Å². The van der Waals surface area contributed by atoms with E-state index in [1.165, 1.54) is 6.92 Å². The quantitative estimate of drug-likeness (QED) is 0.565. The summed E-state index contributed by atoms with van der Waals surface area (Å²) < 4.78 is 0. The van der Waals surface area contributed by atoms with Crippen molar-refractivity contribution in [1.29, 1.82) is 0 Å². The number of hydrogen-bond donors (Lipinski definition) is 1. The molecule has 0 amide bonds. The molecule has 1 aliphatic carbocycles. The van der Waals surface area contributed by atoms with Gasteiger partial charge in [0.05, 0.1) is 26.3 Å². The summed E-state index contributed by atoms with van der Waals surface area (Å²) in [6.07, 6.45) is 0.656. The van der Waals surface area contributed by atoms with Crippen molar-refractivity contribution < 1.29 is 19.9 Å². The van der Waals surface area contributed by atoms with Crippen LogP contribution in [0.4, 0.5) is 0 Å². The minimum absolute atomic E-state index is 0.656. The number of nitro groups is 3. The van der Waals surface area contributed by atoms with Crippen molar-refractivity contribution in [3.63, 3.8) is 0 Å². The second kappa shape index (κ2) is 4.14. The predicted molar refractivity (Wildman–Crippen MR) is 55.9 cm³/mol. The predicted octanol–water partition coefficient (Wildman–Crippen LogP) is 0.313. The molecule has 1 aliphatic rings. The van der Waals surface area contributed by atoms with Crippen LogP contribution >= 0.6 is 0 Å². The van der Waals surface area contributed by atoms with E-state index in [0.717, 1.165) is 6.92 Å². The largest absolute Gasteiger partial charge is 0.417 e. The lowest BCUT2D eigenvalue weighted by molar-refractivity contribution is -0.507. The molecule has 18 heavy (non-hydrogen) atoms. The van der Waals surface area contributed by atoms with Crippen molar-refractivity contribution in [2.45, 2.75) is 19.4 Å². The molecule has 0 saturated carbocycles. The smallest absolute Gasteiger partial charge is 0.385 e. The minimum Gasteiger partial charge on any atom is -0.385 e. The molecular weight excluding hydrogens is 250 g/mol. The van der Waals surface area contributed by atoms with E-state index in [0.29, 0.717) is 6.08 Å². The monoisotopic (exact) mass is 259 g/mol. The van der Waals surface area contributed by atoms with Crippen molar-refractivity contribution in [3.05, 3.63) is 53.5 Å². The fourth-order valence-corrected chi connectivity index (χ4v) is 1.65. The van der Waals surface area contributed by atoms with E-state index in [2.05, 4.69) is 0 Å². The molecule has 0 aromatic carbocycles. The van der Waals surface area contributed by atoms with Gasteiger partial charge in [0, 0.05) is 6.08 Å². The van der Waals surface area contributed by atoms with Crippen LogP contribution in [0.2, 0.25) is 0 Å². The Morgan fingerprint density at radius 1 is 1.17 bits per heavy atom. The summed E-state index contributed by atoms with van der Waals surface area (Å²) >= 11 is 0. The zero-order valence-electron chi connectivity index (χ0n) is 9.39. The van der Waals surface area contributed by atoms with Gasteiger partial charge in [-0.2, -0.15) is 0 Å².